The van der Waals surface area contributed by atoms with Gasteiger partial charge in [-0.3, -0.25) is 4.98 Å². The second-order valence-electron chi connectivity index (χ2n) is 6.40. The number of ether oxygens (including phenoxy) is 1. The first-order valence-corrected chi connectivity index (χ1v) is 8.05. The third kappa shape index (κ3) is 6.80. The van der Waals surface area contributed by atoms with Gasteiger partial charge in [0.05, 0.1) is 0 Å². The third-order valence-electron chi connectivity index (χ3n) is 3.79. The summed E-state index contributed by atoms with van der Waals surface area (Å²) in [5, 5.41) is 13.5. The van der Waals surface area contributed by atoms with Crippen LogP contribution in [0.5, 0.6) is 5.75 Å². The van der Waals surface area contributed by atoms with Gasteiger partial charge in [0.15, 0.2) is 0 Å². The molecule has 1 unspecified atom stereocenters. The smallest absolute Gasteiger partial charge is 0.122 e. The van der Waals surface area contributed by atoms with Crippen LogP contribution < -0.4 is 10.1 Å². The van der Waals surface area contributed by atoms with Crippen LogP contribution in [-0.2, 0) is 6.42 Å². The number of hydrogen-bond acceptors (Lipinski definition) is 4. The van der Waals surface area contributed by atoms with Crippen LogP contribution in [0.25, 0.3) is 0 Å². The normalized spacial score (nSPS) is 12.8. The molecule has 0 aliphatic rings. The Morgan fingerprint density at radius 2 is 1.83 bits per heavy atom. The lowest BCUT2D eigenvalue weighted by Gasteiger charge is -2.28. The summed E-state index contributed by atoms with van der Waals surface area (Å²) in [5.74, 6) is 0.724. The summed E-state index contributed by atoms with van der Waals surface area (Å²) >= 11 is 0. The van der Waals surface area contributed by atoms with Crippen LogP contribution in [0.15, 0.2) is 54.9 Å². The standard InChI is InChI=1S/C19H26N2O2/c1-19(2,11-8-16-6-4-3-5-7-16)21-14-17(22)15-23-18-9-12-20-13-10-18/h3-7,9-10,12-13,17,21-22H,8,11,14-15H2,1-2H3. The summed E-state index contributed by atoms with van der Waals surface area (Å²) in [5.41, 5.74) is 1.30. The molecule has 4 nitrogen and oxygen atoms in total. The minimum atomic E-state index is -0.542. The molecule has 1 aromatic heterocycles. The van der Waals surface area contributed by atoms with E-state index >= 15 is 0 Å². The number of β-amino-alcohol motifs (C(OH)–C–C–N with tert-alkyl or cyclic N) is 1. The molecule has 2 aromatic rings. The Morgan fingerprint density at radius 1 is 1.13 bits per heavy atom. The van der Waals surface area contributed by atoms with Crippen molar-refractivity contribution in [2.24, 2.45) is 0 Å². The molecule has 0 saturated carbocycles. The zero-order chi connectivity index (χ0) is 16.5. The van der Waals surface area contributed by atoms with Crippen molar-refractivity contribution in [1.82, 2.24) is 10.3 Å². The lowest BCUT2D eigenvalue weighted by molar-refractivity contribution is 0.0981. The van der Waals surface area contributed by atoms with E-state index in [0.29, 0.717) is 6.54 Å². The second kappa shape index (κ2) is 8.65. The molecule has 0 bridgehead atoms. The number of rotatable bonds is 9. The Kier molecular flexibility index (Phi) is 6.56. The van der Waals surface area contributed by atoms with Crippen molar-refractivity contribution < 1.29 is 9.84 Å². The Hall–Kier alpha value is -1.91. The Morgan fingerprint density at radius 3 is 2.52 bits per heavy atom. The quantitative estimate of drug-likeness (QED) is 0.747. The molecule has 0 fully saturated rings. The minimum Gasteiger partial charge on any atom is -0.491 e. The topological polar surface area (TPSA) is 54.4 Å². The molecule has 0 amide bonds. The van der Waals surface area contributed by atoms with Gasteiger partial charge in [0.25, 0.3) is 0 Å². The van der Waals surface area contributed by atoms with Gasteiger partial charge in [-0.2, -0.15) is 0 Å². The molecule has 1 atom stereocenters. The number of nitrogens with one attached hydrogen (secondary N) is 1. The fraction of sp³-hybridized carbons (Fsp3) is 0.421. The molecule has 0 spiro atoms. The van der Waals surface area contributed by atoms with Crippen molar-refractivity contribution in [1.29, 1.82) is 0 Å². The third-order valence-corrected chi connectivity index (χ3v) is 3.79. The van der Waals surface area contributed by atoms with Crippen molar-refractivity contribution in [2.45, 2.75) is 38.3 Å². The zero-order valence-electron chi connectivity index (χ0n) is 13.9. The number of aliphatic hydroxyl groups excluding tert-OH is 1. The number of aryl methyl sites for hydroxylation is 1. The summed E-state index contributed by atoms with van der Waals surface area (Å²) in [6, 6.07) is 14.0. The lowest BCUT2D eigenvalue weighted by atomic mass is 9.95. The van der Waals surface area contributed by atoms with Gasteiger partial charge in [-0.25, -0.2) is 0 Å². The molecular weight excluding hydrogens is 288 g/mol. The van der Waals surface area contributed by atoms with Crippen molar-refractivity contribution >= 4 is 0 Å². The van der Waals surface area contributed by atoms with E-state index in [1.165, 1.54) is 5.56 Å². The van der Waals surface area contributed by atoms with Gasteiger partial charge >= 0.3 is 0 Å². The number of benzene rings is 1. The van der Waals surface area contributed by atoms with Crippen LogP contribution in [0.1, 0.15) is 25.8 Å². The van der Waals surface area contributed by atoms with E-state index in [9.17, 15) is 5.11 Å². The summed E-state index contributed by atoms with van der Waals surface area (Å²) < 4.78 is 5.53. The molecule has 0 radical (unpaired) electrons. The zero-order valence-corrected chi connectivity index (χ0v) is 13.9. The Balaban J connectivity index is 1.68. The highest BCUT2D eigenvalue weighted by Crippen LogP contribution is 2.14. The van der Waals surface area contributed by atoms with Gasteiger partial charge < -0.3 is 15.2 Å². The predicted octanol–water partition coefficient (Wildman–Crippen LogP) is 2.82. The van der Waals surface area contributed by atoms with Crippen LogP contribution in [-0.4, -0.2) is 34.9 Å². The first-order valence-electron chi connectivity index (χ1n) is 8.05. The highest BCUT2D eigenvalue weighted by Gasteiger charge is 2.18. The Bertz CT molecular complexity index is 558. The number of aliphatic hydroxyl groups is 1. The van der Waals surface area contributed by atoms with Crippen molar-refractivity contribution in [2.75, 3.05) is 13.2 Å². The van der Waals surface area contributed by atoms with E-state index in [-0.39, 0.29) is 12.1 Å². The molecule has 1 aromatic carbocycles. The van der Waals surface area contributed by atoms with Crippen LogP contribution >= 0.6 is 0 Å². The van der Waals surface area contributed by atoms with E-state index < -0.39 is 6.10 Å². The van der Waals surface area contributed by atoms with Crippen molar-refractivity contribution in [3.05, 3.63) is 60.4 Å². The fourth-order valence-electron chi connectivity index (χ4n) is 2.27. The van der Waals surface area contributed by atoms with Crippen LogP contribution in [0, 0.1) is 0 Å². The van der Waals surface area contributed by atoms with E-state index in [0.717, 1.165) is 18.6 Å². The minimum absolute atomic E-state index is 0.0342. The first kappa shape index (κ1) is 17.4. The molecular formula is C19H26N2O2. The van der Waals surface area contributed by atoms with Crippen molar-refractivity contribution in [3.8, 4) is 5.75 Å². The maximum Gasteiger partial charge on any atom is 0.122 e. The van der Waals surface area contributed by atoms with Gasteiger partial charge in [0.1, 0.15) is 18.5 Å². The molecule has 4 heteroatoms. The van der Waals surface area contributed by atoms with Crippen molar-refractivity contribution in [3.63, 3.8) is 0 Å². The largest absolute Gasteiger partial charge is 0.491 e. The maximum atomic E-state index is 10.1. The number of hydrogen-bond donors (Lipinski definition) is 2. The van der Waals surface area contributed by atoms with Gasteiger partial charge in [0.2, 0.25) is 0 Å². The maximum absolute atomic E-state index is 10.1. The molecule has 2 N–H and O–H groups in total. The van der Waals surface area contributed by atoms with Gasteiger partial charge in [-0.1, -0.05) is 30.3 Å². The van der Waals surface area contributed by atoms with Gasteiger partial charge in [0, 0.05) is 24.5 Å². The first-order chi connectivity index (χ1) is 11.1. The summed E-state index contributed by atoms with van der Waals surface area (Å²) in [4.78, 5) is 3.93. The molecule has 1 heterocycles. The second-order valence-corrected chi connectivity index (χ2v) is 6.40. The molecule has 0 aliphatic carbocycles. The van der Waals surface area contributed by atoms with Crippen LogP contribution in [0.3, 0.4) is 0 Å². The van der Waals surface area contributed by atoms with Crippen LogP contribution in [0.2, 0.25) is 0 Å². The van der Waals surface area contributed by atoms with Crippen LogP contribution in [0.4, 0.5) is 0 Å². The molecule has 0 saturated heterocycles. The summed E-state index contributed by atoms with van der Waals surface area (Å²) in [6.45, 7) is 5.09. The number of nitrogens with zero attached hydrogens (tertiary/aromatic N) is 1. The average Bonchev–Trinajstić information content (AvgIpc) is 2.58. The van der Waals surface area contributed by atoms with E-state index in [2.05, 4.69) is 48.4 Å². The SMILES string of the molecule is CC(C)(CCc1ccccc1)NCC(O)COc1ccncc1. The van der Waals surface area contributed by atoms with E-state index in [1.54, 1.807) is 24.5 Å². The van der Waals surface area contributed by atoms with E-state index in [4.69, 9.17) is 4.74 Å². The summed E-state index contributed by atoms with van der Waals surface area (Å²) in [7, 11) is 0. The molecule has 0 aliphatic heterocycles. The van der Waals surface area contributed by atoms with Gasteiger partial charge in [-0.15, -0.1) is 0 Å². The average molecular weight is 314 g/mol. The monoisotopic (exact) mass is 314 g/mol. The predicted molar refractivity (Wildman–Crippen MR) is 92.6 cm³/mol. The molecule has 124 valence electrons. The highest BCUT2D eigenvalue weighted by molar-refractivity contribution is 5.17. The number of aromatic nitrogens is 1. The molecule has 2 rings (SSSR count). The fourth-order valence-corrected chi connectivity index (χ4v) is 2.27. The lowest BCUT2D eigenvalue weighted by Crippen LogP contribution is -2.45. The van der Waals surface area contributed by atoms with Gasteiger partial charge in [-0.05, 0) is 44.4 Å². The number of pyridine rings is 1. The highest BCUT2D eigenvalue weighted by atomic mass is 16.5. The molecule has 23 heavy (non-hydrogen) atoms. The summed E-state index contributed by atoms with van der Waals surface area (Å²) in [6.07, 6.45) is 4.83. The van der Waals surface area contributed by atoms with E-state index in [1.807, 2.05) is 6.07 Å². The Labute approximate surface area is 138 Å².